The molecule has 0 aliphatic carbocycles. The predicted molar refractivity (Wildman–Crippen MR) is 81.1 cm³/mol. The monoisotopic (exact) mass is 292 g/mol. The topological polar surface area (TPSA) is 70.6 Å². The fourth-order valence-corrected chi connectivity index (χ4v) is 2.56. The predicted octanol–water partition coefficient (Wildman–Crippen LogP) is 1.06. The Labute approximate surface area is 125 Å². The summed E-state index contributed by atoms with van der Waals surface area (Å²) in [7, 11) is 0. The van der Waals surface area contributed by atoms with Gasteiger partial charge in [-0.2, -0.15) is 0 Å². The van der Waals surface area contributed by atoms with Crippen molar-refractivity contribution in [3.8, 4) is 5.75 Å². The van der Waals surface area contributed by atoms with Crippen LogP contribution in [-0.4, -0.2) is 37.3 Å². The van der Waals surface area contributed by atoms with E-state index in [0.717, 1.165) is 31.5 Å². The average Bonchev–Trinajstić information content (AvgIpc) is 2.52. The number of amides is 1. The number of hydrogen-bond acceptors (Lipinski definition) is 4. The molecule has 0 unspecified atom stereocenters. The number of carbonyl (C=O) groups is 1. The number of ether oxygens (including phenoxy) is 1. The SMILES string of the molecule is O=C(CC1CCNCC1)NCc1ccccc1OCCO. The van der Waals surface area contributed by atoms with Crippen LogP contribution in [0.4, 0.5) is 0 Å². The van der Waals surface area contributed by atoms with Gasteiger partial charge in [-0.1, -0.05) is 18.2 Å². The van der Waals surface area contributed by atoms with Gasteiger partial charge < -0.3 is 20.5 Å². The van der Waals surface area contributed by atoms with Gasteiger partial charge in [0.25, 0.3) is 0 Å². The second-order valence-electron chi connectivity index (χ2n) is 5.35. The van der Waals surface area contributed by atoms with Gasteiger partial charge >= 0.3 is 0 Å². The number of benzene rings is 1. The van der Waals surface area contributed by atoms with Gasteiger partial charge in [-0.05, 0) is 37.9 Å². The average molecular weight is 292 g/mol. The normalized spacial score (nSPS) is 15.7. The lowest BCUT2D eigenvalue weighted by Crippen LogP contribution is -2.32. The Morgan fingerprint density at radius 2 is 2.10 bits per heavy atom. The number of para-hydroxylation sites is 1. The standard InChI is InChI=1S/C16H24N2O3/c19-9-10-21-15-4-2-1-3-14(15)12-18-16(20)11-13-5-7-17-8-6-13/h1-4,13,17,19H,5-12H2,(H,18,20). The molecule has 2 rings (SSSR count). The van der Waals surface area contributed by atoms with Crippen molar-refractivity contribution in [2.45, 2.75) is 25.8 Å². The number of aliphatic hydroxyl groups is 1. The first-order valence-electron chi connectivity index (χ1n) is 7.58. The third kappa shape index (κ3) is 5.36. The fourth-order valence-electron chi connectivity index (χ4n) is 2.56. The van der Waals surface area contributed by atoms with Crippen LogP contribution in [-0.2, 0) is 11.3 Å². The number of hydrogen-bond donors (Lipinski definition) is 3. The Kier molecular flexibility index (Phi) is 6.50. The van der Waals surface area contributed by atoms with Crippen molar-refractivity contribution in [3.63, 3.8) is 0 Å². The molecule has 0 aromatic heterocycles. The van der Waals surface area contributed by atoms with E-state index in [2.05, 4.69) is 10.6 Å². The van der Waals surface area contributed by atoms with Crippen molar-refractivity contribution in [1.29, 1.82) is 0 Å². The van der Waals surface area contributed by atoms with Crippen molar-refractivity contribution in [2.75, 3.05) is 26.3 Å². The van der Waals surface area contributed by atoms with Crippen molar-refractivity contribution in [2.24, 2.45) is 5.92 Å². The Bertz CT molecular complexity index is 445. The molecule has 5 heteroatoms. The smallest absolute Gasteiger partial charge is 0.220 e. The van der Waals surface area contributed by atoms with Crippen molar-refractivity contribution < 1.29 is 14.6 Å². The van der Waals surface area contributed by atoms with E-state index in [1.807, 2.05) is 24.3 Å². The van der Waals surface area contributed by atoms with E-state index in [1.165, 1.54) is 0 Å². The van der Waals surface area contributed by atoms with Gasteiger partial charge in [-0.15, -0.1) is 0 Å². The van der Waals surface area contributed by atoms with Gasteiger partial charge in [0.2, 0.25) is 5.91 Å². The number of aliphatic hydroxyl groups excluding tert-OH is 1. The first-order chi connectivity index (χ1) is 10.3. The molecule has 21 heavy (non-hydrogen) atoms. The molecule has 0 spiro atoms. The molecule has 0 bridgehead atoms. The van der Waals surface area contributed by atoms with E-state index in [4.69, 9.17) is 9.84 Å². The molecule has 1 fully saturated rings. The highest BCUT2D eigenvalue weighted by atomic mass is 16.5. The summed E-state index contributed by atoms with van der Waals surface area (Å²) in [5.74, 6) is 1.31. The van der Waals surface area contributed by atoms with Gasteiger partial charge in [-0.25, -0.2) is 0 Å². The molecule has 116 valence electrons. The fraction of sp³-hybridized carbons (Fsp3) is 0.562. The molecule has 1 saturated heterocycles. The van der Waals surface area contributed by atoms with E-state index in [1.54, 1.807) is 0 Å². The van der Waals surface area contributed by atoms with E-state index in [-0.39, 0.29) is 19.1 Å². The summed E-state index contributed by atoms with van der Waals surface area (Å²) in [6.45, 7) is 2.73. The molecule has 0 atom stereocenters. The Morgan fingerprint density at radius 1 is 1.33 bits per heavy atom. The van der Waals surface area contributed by atoms with Crippen LogP contribution in [0.1, 0.15) is 24.8 Å². The van der Waals surface area contributed by atoms with Gasteiger partial charge in [0.15, 0.2) is 0 Å². The van der Waals surface area contributed by atoms with Crippen LogP contribution >= 0.6 is 0 Å². The summed E-state index contributed by atoms with van der Waals surface area (Å²) in [5, 5.41) is 15.1. The molecule has 1 amide bonds. The molecule has 1 aliphatic rings. The van der Waals surface area contributed by atoms with Crippen LogP contribution in [0.3, 0.4) is 0 Å². The second kappa shape index (κ2) is 8.64. The number of rotatable bonds is 7. The molecule has 5 nitrogen and oxygen atoms in total. The Hall–Kier alpha value is -1.59. The highest BCUT2D eigenvalue weighted by Gasteiger charge is 2.16. The highest BCUT2D eigenvalue weighted by molar-refractivity contribution is 5.76. The summed E-state index contributed by atoms with van der Waals surface area (Å²) in [4.78, 5) is 12.0. The minimum Gasteiger partial charge on any atom is -0.491 e. The van der Waals surface area contributed by atoms with Gasteiger partial charge in [0.05, 0.1) is 6.61 Å². The lowest BCUT2D eigenvalue weighted by atomic mass is 9.94. The zero-order valence-corrected chi connectivity index (χ0v) is 12.3. The van der Waals surface area contributed by atoms with E-state index >= 15 is 0 Å². The number of nitrogens with one attached hydrogen (secondary N) is 2. The van der Waals surface area contributed by atoms with Crippen molar-refractivity contribution in [3.05, 3.63) is 29.8 Å². The first-order valence-corrected chi connectivity index (χ1v) is 7.58. The van der Waals surface area contributed by atoms with Crippen LogP contribution in [0.5, 0.6) is 5.75 Å². The van der Waals surface area contributed by atoms with Crippen LogP contribution < -0.4 is 15.4 Å². The third-order valence-electron chi connectivity index (χ3n) is 3.73. The summed E-state index contributed by atoms with van der Waals surface area (Å²) >= 11 is 0. The molecule has 3 N–H and O–H groups in total. The molecule has 1 aromatic rings. The van der Waals surface area contributed by atoms with Gasteiger partial charge in [-0.3, -0.25) is 4.79 Å². The molecule has 1 aromatic carbocycles. The van der Waals surface area contributed by atoms with Crippen molar-refractivity contribution in [1.82, 2.24) is 10.6 Å². The maximum absolute atomic E-state index is 12.0. The molecule has 1 heterocycles. The molecule has 0 saturated carbocycles. The first kappa shape index (κ1) is 15.8. The number of carbonyl (C=O) groups excluding carboxylic acids is 1. The van der Waals surface area contributed by atoms with E-state index in [0.29, 0.717) is 24.6 Å². The molecular formula is C16H24N2O3. The maximum atomic E-state index is 12.0. The highest BCUT2D eigenvalue weighted by Crippen LogP contribution is 2.18. The largest absolute Gasteiger partial charge is 0.491 e. The van der Waals surface area contributed by atoms with Gasteiger partial charge in [0.1, 0.15) is 12.4 Å². The molecular weight excluding hydrogens is 268 g/mol. The van der Waals surface area contributed by atoms with Gasteiger partial charge in [0, 0.05) is 18.5 Å². The van der Waals surface area contributed by atoms with E-state index < -0.39 is 0 Å². The van der Waals surface area contributed by atoms with Crippen LogP contribution in [0.2, 0.25) is 0 Å². The maximum Gasteiger partial charge on any atom is 0.220 e. The van der Waals surface area contributed by atoms with Crippen molar-refractivity contribution >= 4 is 5.91 Å². The summed E-state index contributed by atoms with van der Waals surface area (Å²) < 4.78 is 5.46. The van der Waals surface area contributed by atoms with Crippen LogP contribution in [0, 0.1) is 5.92 Å². The molecule has 0 radical (unpaired) electrons. The minimum absolute atomic E-state index is 0.0175. The summed E-state index contributed by atoms with van der Waals surface area (Å²) in [6, 6.07) is 7.58. The van der Waals surface area contributed by atoms with E-state index in [9.17, 15) is 4.79 Å². The lowest BCUT2D eigenvalue weighted by molar-refractivity contribution is -0.122. The Morgan fingerprint density at radius 3 is 2.86 bits per heavy atom. The van der Waals surface area contributed by atoms with Crippen LogP contribution in [0.25, 0.3) is 0 Å². The minimum atomic E-state index is -0.0175. The zero-order chi connectivity index (χ0) is 14.9. The zero-order valence-electron chi connectivity index (χ0n) is 12.3. The lowest BCUT2D eigenvalue weighted by Gasteiger charge is -2.22. The van der Waals surface area contributed by atoms with Crippen LogP contribution in [0.15, 0.2) is 24.3 Å². The second-order valence-corrected chi connectivity index (χ2v) is 5.35. The summed E-state index contributed by atoms with van der Waals surface area (Å²) in [5.41, 5.74) is 0.935. The molecule has 1 aliphatic heterocycles. The number of piperidine rings is 1. The summed E-state index contributed by atoms with van der Waals surface area (Å²) in [6.07, 6.45) is 2.74. The Balaban J connectivity index is 1.80. The third-order valence-corrected chi connectivity index (χ3v) is 3.73. The quantitative estimate of drug-likeness (QED) is 0.703.